The van der Waals surface area contributed by atoms with Crippen molar-refractivity contribution in [1.82, 2.24) is 19.4 Å². The first kappa shape index (κ1) is 13.0. The number of imidazole rings is 1. The monoisotopic (exact) mass is 252 g/mol. The first-order chi connectivity index (χ1) is 8.74. The molecule has 0 unspecified atom stereocenters. The molecule has 6 heteroatoms. The molecular weight excluding hydrogens is 232 g/mol. The van der Waals surface area contributed by atoms with E-state index in [0.29, 0.717) is 0 Å². The highest BCUT2D eigenvalue weighted by Gasteiger charge is 2.16. The van der Waals surface area contributed by atoms with Gasteiger partial charge < -0.3 is 14.6 Å². The van der Waals surface area contributed by atoms with Crippen LogP contribution in [-0.4, -0.2) is 69.7 Å². The summed E-state index contributed by atoms with van der Waals surface area (Å²) in [7, 11) is 0. The van der Waals surface area contributed by atoms with Crippen LogP contribution in [0.3, 0.4) is 0 Å². The number of carboxylic acid groups (broad SMARTS) is 1. The highest BCUT2D eigenvalue weighted by molar-refractivity contribution is 5.69. The van der Waals surface area contributed by atoms with Gasteiger partial charge in [-0.2, -0.15) is 0 Å². The second kappa shape index (κ2) is 6.51. The average molecular weight is 252 g/mol. The Morgan fingerprint density at radius 1 is 1.17 bits per heavy atom. The van der Waals surface area contributed by atoms with E-state index < -0.39 is 5.97 Å². The largest absolute Gasteiger partial charge is 0.480 e. The van der Waals surface area contributed by atoms with Crippen molar-refractivity contribution in [2.75, 3.05) is 39.3 Å². The summed E-state index contributed by atoms with van der Waals surface area (Å²) in [5.41, 5.74) is 0. The predicted octanol–water partition coefficient (Wildman–Crippen LogP) is -0.0246. The number of carboxylic acids is 1. The molecule has 1 aliphatic rings. The zero-order valence-corrected chi connectivity index (χ0v) is 10.5. The number of rotatable bonds is 5. The van der Waals surface area contributed by atoms with Crippen LogP contribution < -0.4 is 0 Å². The molecule has 0 spiro atoms. The van der Waals surface area contributed by atoms with Crippen molar-refractivity contribution in [3.05, 3.63) is 18.7 Å². The molecular formula is C12H20N4O2. The molecule has 18 heavy (non-hydrogen) atoms. The third kappa shape index (κ3) is 4.12. The van der Waals surface area contributed by atoms with Gasteiger partial charge in [-0.3, -0.25) is 9.69 Å². The maximum Gasteiger partial charge on any atom is 0.317 e. The maximum absolute atomic E-state index is 10.7. The topological polar surface area (TPSA) is 61.6 Å². The minimum atomic E-state index is -0.734. The van der Waals surface area contributed by atoms with Gasteiger partial charge in [0, 0.05) is 45.1 Å². The Bertz CT molecular complexity index is 366. The van der Waals surface area contributed by atoms with E-state index in [-0.39, 0.29) is 6.54 Å². The zero-order valence-electron chi connectivity index (χ0n) is 10.5. The molecule has 1 saturated heterocycles. The summed E-state index contributed by atoms with van der Waals surface area (Å²) in [5.74, 6) is -0.734. The van der Waals surface area contributed by atoms with Gasteiger partial charge in [-0.1, -0.05) is 0 Å². The molecule has 0 atom stereocenters. The van der Waals surface area contributed by atoms with Gasteiger partial charge in [0.1, 0.15) is 0 Å². The summed E-state index contributed by atoms with van der Waals surface area (Å²) in [6.45, 7) is 5.82. The Morgan fingerprint density at radius 3 is 2.67 bits per heavy atom. The molecule has 6 nitrogen and oxygen atoms in total. The van der Waals surface area contributed by atoms with E-state index in [2.05, 4.69) is 14.5 Å². The van der Waals surface area contributed by atoms with E-state index in [9.17, 15) is 4.79 Å². The summed E-state index contributed by atoms with van der Waals surface area (Å²) < 4.78 is 2.07. The van der Waals surface area contributed by atoms with Crippen molar-refractivity contribution in [2.24, 2.45) is 0 Å². The van der Waals surface area contributed by atoms with Crippen LogP contribution in [0, 0.1) is 0 Å². The van der Waals surface area contributed by atoms with Gasteiger partial charge in [-0.05, 0) is 13.0 Å². The molecule has 1 aromatic rings. The van der Waals surface area contributed by atoms with E-state index in [4.69, 9.17) is 5.11 Å². The van der Waals surface area contributed by atoms with Crippen LogP contribution in [0.5, 0.6) is 0 Å². The third-order valence-corrected chi connectivity index (χ3v) is 3.27. The van der Waals surface area contributed by atoms with Crippen LogP contribution in [0.25, 0.3) is 0 Å². The molecule has 100 valence electrons. The second-order valence-electron chi connectivity index (χ2n) is 4.67. The molecule has 1 fully saturated rings. The average Bonchev–Trinajstić information content (AvgIpc) is 2.75. The number of hydrogen-bond donors (Lipinski definition) is 1. The molecule has 0 aromatic carbocycles. The lowest BCUT2D eigenvalue weighted by Gasteiger charge is -2.20. The van der Waals surface area contributed by atoms with Crippen LogP contribution in [0.1, 0.15) is 6.42 Å². The van der Waals surface area contributed by atoms with E-state index in [1.54, 1.807) is 6.20 Å². The quantitative estimate of drug-likeness (QED) is 0.797. The minimum absolute atomic E-state index is 0.162. The molecule has 0 aliphatic carbocycles. The SMILES string of the molecule is O=C(O)CN1CCCN(CCn2ccnc2)CC1. The lowest BCUT2D eigenvalue weighted by atomic mass is 10.4. The summed E-state index contributed by atoms with van der Waals surface area (Å²) >= 11 is 0. The van der Waals surface area contributed by atoms with Gasteiger partial charge in [0.25, 0.3) is 0 Å². The van der Waals surface area contributed by atoms with E-state index in [1.807, 2.05) is 17.4 Å². The Labute approximate surface area is 107 Å². The molecule has 1 N–H and O–H groups in total. The second-order valence-corrected chi connectivity index (χ2v) is 4.67. The lowest BCUT2D eigenvalue weighted by Crippen LogP contribution is -2.35. The van der Waals surface area contributed by atoms with Gasteiger partial charge in [0.05, 0.1) is 12.9 Å². The maximum atomic E-state index is 10.7. The van der Waals surface area contributed by atoms with Crippen LogP contribution in [0.2, 0.25) is 0 Å². The van der Waals surface area contributed by atoms with E-state index in [0.717, 1.165) is 45.7 Å². The minimum Gasteiger partial charge on any atom is -0.480 e. The van der Waals surface area contributed by atoms with Crippen LogP contribution >= 0.6 is 0 Å². The summed E-state index contributed by atoms with van der Waals surface area (Å²) in [5, 5.41) is 8.79. The standard InChI is InChI=1S/C12H20N4O2/c17-12(18)10-15-4-1-3-14(6-8-15)7-9-16-5-2-13-11-16/h2,5,11H,1,3-4,6-10H2,(H,17,18). The molecule has 0 saturated carbocycles. The molecule has 1 aromatic heterocycles. The third-order valence-electron chi connectivity index (χ3n) is 3.27. The van der Waals surface area contributed by atoms with Crippen molar-refractivity contribution >= 4 is 5.97 Å². The van der Waals surface area contributed by atoms with Gasteiger partial charge >= 0.3 is 5.97 Å². The lowest BCUT2D eigenvalue weighted by molar-refractivity contribution is -0.138. The normalized spacial score (nSPS) is 18.7. The van der Waals surface area contributed by atoms with E-state index >= 15 is 0 Å². The Kier molecular flexibility index (Phi) is 4.72. The Balaban J connectivity index is 1.73. The number of hydrogen-bond acceptors (Lipinski definition) is 4. The zero-order chi connectivity index (χ0) is 12.8. The number of carbonyl (C=O) groups is 1. The number of aliphatic carboxylic acids is 1. The molecule has 1 aliphatic heterocycles. The van der Waals surface area contributed by atoms with Crippen LogP contribution in [0.4, 0.5) is 0 Å². The van der Waals surface area contributed by atoms with Gasteiger partial charge in [-0.15, -0.1) is 0 Å². The molecule has 0 radical (unpaired) electrons. The van der Waals surface area contributed by atoms with Gasteiger partial charge in [0.2, 0.25) is 0 Å². The smallest absolute Gasteiger partial charge is 0.317 e. The van der Waals surface area contributed by atoms with Crippen molar-refractivity contribution in [2.45, 2.75) is 13.0 Å². The fourth-order valence-corrected chi connectivity index (χ4v) is 2.27. The first-order valence-corrected chi connectivity index (χ1v) is 6.36. The van der Waals surface area contributed by atoms with E-state index in [1.165, 1.54) is 0 Å². The van der Waals surface area contributed by atoms with Gasteiger partial charge in [-0.25, -0.2) is 4.98 Å². The van der Waals surface area contributed by atoms with Crippen molar-refractivity contribution in [1.29, 1.82) is 0 Å². The highest BCUT2D eigenvalue weighted by atomic mass is 16.4. The molecule has 0 bridgehead atoms. The predicted molar refractivity (Wildman–Crippen MR) is 67.4 cm³/mol. The first-order valence-electron chi connectivity index (χ1n) is 6.36. The van der Waals surface area contributed by atoms with Crippen LogP contribution in [-0.2, 0) is 11.3 Å². The molecule has 2 rings (SSSR count). The summed E-state index contributed by atoms with van der Waals surface area (Å²) in [6.07, 6.45) is 6.62. The Hall–Kier alpha value is -1.40. The summed E-state index contributed by atoms with van der Waals surface area (Å²) in [4.78, 5) is 19.1. The van der Waals surface area contributed by atoms with Gasteiger partial charge in [0.15, 0.2) is 0 Å². The van der Waals surface area contributed by atoms with Crippen molar-refractivity contribution in [3.63, 3.8) is 0 Å². The van der Waals surface area contributed by atoms with Crippen molar-refractivity contribution in [3.8, 4) is 0 Å². The molecule has 2 heterocycles. The van der Waals surface area contributed by atoms with Crippen LogP contribution in [0.15, 0.2) is 18.7 Å². The number of aromatic nitrogens is 2. The fraction of sp³-hybridized carbons (Fsp3) is 0.667. The van der Waals surface area contributed by atoms with Crippen molar-refractivity contribution < 1.29 is 9.90 Å². The number of nitrogens with zero attached hydrogens (tertiary/aromatic N) is 4. The Morgan fingerprint density at radius 2 is 1.94 bits per heavy atom. The fourth-order valence-electron chi connectivity index (χ4n) is 2.27. The highest BCUT2D eigenvalue weighted by Crippen LogP contribution is 2.03. The molecule has 0 amide bonds. The summed E-state index contributed by atoms with van der Waals surface area (Å²) in [6, 6.07) is 0.